The van der Waals surface area contributed by atoms with E-state index in [0.717, 1.165) is 12.8 Å². The van der Waals surface area contributed by atoms with Crippen LogP contribution >= 0.6 is 15.9 Å². The zero-order chi connectivity index (χ0) is 14.8. The molecule has 0 unspecified atom stereocenters. The first kappa shape index (κ1) is 17.2. The lowest BCUT2D eigenvalue weighted by molar-refractivity contribution is -0.116. The van der Waals surface area contributed by atoms with E-state index in [0.29, 0.717) is 16.6 Å². The SMILES string of the molecule is CCCCCCCCCC(=O)Nc1ccc(F)c(Br)c1. The summed E-state index contributed by atoms with van der Waals surface area (Å²) in [6.07, 6.45) is 8.88. The van der Waals surface area contributed by atoms with Crippen molar-refractivity contribution in [3.63, 3.8) is 0 Å². The zero-order valence-corrected chi connectivity index (χ0v) is 13.6. The molecule has 0 heterocycles. The summed E-state index contributed by atoms with van der Waals surface area (Å²) < 4.78 is 13.4. The van der Waals surface area contributed by atoms with Crippen molar-refractivity contribution >= 4 is 27.5 Å². The Kier molecular flexibility index (Phi) is 8.51. The van der Waals surface area contributed by atoms with Gasteiger partial charge in [-0.25, -0.2) is 4.39 Å². The van der Waals surface area contributed by atoms with Crippen LogP contribution in [0, 0.1) is 5.82 Å². The van der Waals surface area contributed by atoms with Crippen molar-refractivity contribution in [2.24, 2.45) is 0 Å². The molecule has 0 saturated heterocycles. The van der Waals surface area contributed by atoms with Crippen molar-refractivity contribution in [3.8, 4) is 0 Å². The average Bonchev–Trinajstić information content (AvgIpc) is 2.42. The van der Waals surface area contributed by atoms with Gasteiger partial charge in [0, 0.05) is 12.1 Å². The highest BCUT2D eigenvalue weighted by Crippen LogP contribution is 2.20. The number of anilines is 1. The van der Waals surface area contributed by atoms with E-state index >= 15 is 0 Å². The van der Waals surface area contributed by atoms with E-state index in [1.807, 2.05) is 0 Å². The van der Waals surface area contributed by atoms with E-state index in [-0.39, 0.29) is 11.7 Å². The van der Waals surface area contributed by atoms with Gasteiger partial charge in [0.15, 0.2) is 0 Å². The van der Waals surface area contributed by atoms with E-state index in [1.165, 1.54) is 38.2 Å². The molecule has 0 spiro atoms. The van der Waals surface area contributed by atoms with Crippen LogP contribution in [-0.4, -0.2) is 5.91 Å². The lowest BCUT2D eigenvalue weighted by Crippen LogP contribution is -2.11. The number of carbonyl (C=O) groups excluding carboxylic acids is 1. The highest BCUT2D eigenvalue weighted by molar-refractivity contribution is 9.10. The van der Waals surface area contributed by atoms with Gasteiger partial charge in [-0.05, 0) is 40.5 Å². The van der Waals surface area contributed by atoms with Crippen molar-refractivity contribution in [2.45, 2.75) is 58.3 Å². The van der Waals surface area contributed by atoms with Gasteiger partial charge in [-0.1, -0.05) is 45.4 Å². The second kappa shape index (κ2) is 9.92. The number of hydrogen-bond donors (Lipinski definition) is 1. The molecule has 0 saturated carbocycles. The fraction of sp³-hybridized carbons (Fsp3) is 0.562. The quantitative estimate of drug-likeness (QED) is 0.575. The highest BCUT2D eigenvalue weighted by atomic mass is 79.9. The Morgan fingerprint density at radius 2 is 1.80 bits per heavy atom. The maximum absolute atomic E-state index is 13.1. The van der Waals surface area contributed by atoms with E-state index in [4.69, 9.17) is 0 Å². The van der Waals surface area contributed by atoms with Crippen molar-refractivity contribution < 1.29 is 9.18 Å². The summed E-state index contributed by atoms with van der Waals surface area (Å²) in [6, 6.07) is 4.49. The Bertz CT molecular complexity index is 423. The first-order chi connectivity index (χ1) is 9.63. The van der Waals surface area contributed by atoms with Gasteiger partial charge in [0.1, 0.15) is 5.82 Å². The predicted molar refractivity (Wildman–Crippen MR) is 85.3 cm³/mol. The van der Waals surface area contributed by atoms with Gasteiger partial charge < -0.3 is 5.32 Å². The first-order valence-corrected chi connectivity index (χ1v) is 8.17. The maximum Gasteiger partial charge on any atom is 0.224 e. The Labute approximate surface area is 129 Å². The van der Waals surface area contributed by atoms with E-state index in [2.05, 4.69) is 28.2 Å². The number of benzene rings is 1. The normalized spacial score (nSPS) is 10.6. The third kappa shape index (κ3) is 7.04. The maximum atomic E-state index is 13.1. The summed E-state index contributed by atoms with van der Waals surface area (Å²) >= 11 is 3.10. The Hall–Kier alpha value is -0.900. The van der Waals surface area contributed by atoms with Crippen molar-refractivity contribution in [1.82, 2.24) is 0 Å². The fourth-order valence-electron chi connectivity index (χ4n) is 2.04. The second-order valence-corrected chi connectivity index (χ2v) is 5.90. The first-order valence-electron chi connectivity index (χ1n) is 7.38. The number of hydrogen-bond acceptors (Lipinski definition) is 1. The van der Waals surface area contributed by atoms with Gasteiger partial charge in [0.25, 0.3) is 0 Å². The Balaban J connectivity index is 2.15. The van der Waals surface area contributed by atoms with Gasteiger partial charge >= 0.3 is 0 Å². The topological polar surface area (TPSA) is 29.1 Å². The van der Waals surface area contributed by atoms with Gasteiger partial charge in [-0.15, -0.1) is 0 Å². The van der Waals surface area contributed by atoms with Crippen LogP contribution in [-0.2, 0) is 4.79 Å². The van der Waals surface area contributed by atoms with Crippen LogP contribution in [0.15, 0.2) is 22.7 Å². The Morgan fingerprint density at radius 3 is 2.45 bits per heavy atom. The van der Waals surface area contributed by atoms with Crippen LogP contribution < -0.4 is 5.32 Å². The lowest BCUT2D eigenvalue weighted by atomic mass is 10.1. The van der Waals surface area contributed by atoms with E-state index in [9.17, 15) is 9.18 Å². The zero-order valence-electron chi connectivity index (χ0n) is 12.1. The summed E-state index contributed by atoms with van der Waals surface area (Å²) in [5, 5.41) is 2.79. The number of nitrogens with one attached hydrogen (secondary N) is 1. The third-order valence-electron chi connectivity index (χ3n) is 3.21. The molecule has 0 bridgehead atoms. The summed E-state index contributed by atoms with van der Waals surface area (Å²) in [5.74, 6) is -0.327. The molecule has 0 fully saturated rings. The van der Waals surface area contributed by atoms with Gasteiger partial charge in [0.05, 0.1) is 4.47 Å². The second-order valence-electron chi connectivity index (χ2n) is 5.05. The van der Waals surface area contributed by atoms with Crippen molar-refractivity contribution in [2.75, 3.05) is 5.32 Å². The van der Waals surface area contributed by atoms with E-state index < -0.39 is 0 Å². The minimum Gasteiger partial charge on any atom is -0.326 e. The van der Waals surface area contributed by atoms with Crippen molar-refractivity contribution in [3.05, 3.63) is 28.5 Å². The molecular formula is C16H23BrFNO. The summed E-state index contributed by atoms with van der Waals surface area (Å²) in [4.78, 5) is 11.7. The van der Waals surface area contributed by atoms with Gasteiger partial charge in [-0.2, -0.15) is 0 Å². The van der Waals surface area contributed by atoms with Crippen LogP contribution in [0.2, 0.25) is 0 Å². The van der Waals surface area contributed by atoms with Crippen LogP contribution in [0.1, 0.15) is 58.3 Å². The number of amides is 1. The molecule has 20 heavy (non-hydrogen) atoms. The minimum absolute atomic E-state index is 0.00272. The van der Waals surface area contributed by atoms with Gasteiger partial charge in [-0.3, -0.25) is 4.79 Å². The highest BCUT2D eigenvalue weighted by Gasteiger charge is 2.04. The molecule has 2 nitrogen and oxygen atoms in total. The van der Waals surface area contributed by atoms with Crippen molar-refractivity contribution in [1.29, 1.82) is 0 Å². The van der Waals surface area contributed by atoms with Crippen LogP contribution in [0.25, 0.3) is 0 Å². The summed E-state index contributed by atoms with van der Waals surface area (Å²) in [6.45, 7) is 2.21. The van der Waals surface area contributed by atoms with Gasteiger partial charge in [0.2, 0.25) is 5.91 Å². The van der Waals surface area contributed by atoms with E-state index in [1.54, 1.807) is 12.1 Å². The number of rotatable bonds is 9. The molecule has 0 aliphatic rings. The minimum atomic E-state index is -0.324. The number of halogens is 2. The predicted octanol–water partition coefficient (Wildman–Crippen LogP) is 5.67. The van der Waals surface area contributed by atoms with Crippen LogP contribution in [0.3, 0.4) is 0 Å². The molecule has 1 amide bonds. The monoisotopic (exact) mass is 343 g/mol. The summed E-state index contributed by atoms with van der Waals surface area (Å²) in [5.41, 5.74) is 0.631. The van der Waals surface area contributed by atoms with Crippen LogP contribution in [0.5, 0.6) is 0 Å². The molecule has 112 valence electrons. The smallest absolute Gasteiger partial charge is 0.224 e. The largest absolute Gasteiger partial charge is 0.326 e. The fourth-order valence-corrected chi connectivity index (χ4v) is 2.42. The molecule has 0 aliphatic carbocycles. The van der Waals surface area contributed by atoms with Crippen LogP contribution in [0.4, 0.5) is 10.1 Å². The molecule has 1 aromatic carbocycles. The average molecular weight is 344 g/mol. The Morgan fingerprint density at radius 1 is 1.15 bits per heavy atom. The molecule has 4 heteroatoms. The molecular weight excluding hydrogens is 321 g/mol. The number of carbonyl (C=O) groups is 1. The summed E-state index contributed by atoms with van der Waals surface area (Å²) in [7, 11) is 0. The molecule has 0 aliphatic heterocycles. The third-order valence-corrected chi connectivity index (χ3v) is 3.82. The lowest BCUT2D eigenvalue weighted by Gasteiger charge is -2.06. The standard InChI is InChI=1S/C16H23BrFNO/c1-2-3-4-5-6-7-8-9-16(20)19-13-10-11-15(18)14(17)12-13/h10-12H,2-9H2,1H3,(H,19,20). The molecule has 1 N–H and O–H groups in total. The molecule has 0 atom stereocenters. The number of unbranched alkanes of at least 4 members (excludes halogenated alkanes) is 6. The molecule has 0 radical (unpaired) electrons. The molecule has 1 rings (SSSR count). The molecule has 0 aromatic heterocycles. The molecule has 1 aromatic rings.